The van der Waals surface area contributed by atoms with Crippen LogP contribution in [-0.2, 0) is 0 Å². The minimum Gasteiger partial charge on any atom is -0.485 e. The van der Waals surface area contributed by atoms with Crippen LogP contribution in [0.25, 0.3) is 0 Å². The van der Waals surface area contributed by atoms with Gasteiger partial charge in [0.2, 0.25) is 0 Å². The number of halogens is 3. The normalized spacial score (nSPS) is 29.1. The lowest BCUT2D eigenvalue weighted by Gasteiger charge is -2.37. The number of hydrogen-bond donors (Lipinski definition) is 0. The highest BCUT2D eigenvalue weighted by molar-refractivity contribution is 6.58. The third-order valence-electron chi connectivity index (χ3n) is 6.82. The number of hydrogen-bond acceptors (Lipinski definition) is 1. The van der Waals surface area contributed by atoms with Crippen molar-refractivity contribution in [1.29, 1.82) is 0 Å². The van der Waals surface area contributed by atoms with Crippen LogP contribution in [-0.4, -0.2) is 21.8 Å². The summed E-state index contributed by atoms with van der Waals surface area (Å²) < 4.78 is 43.5. The summed E-state index contributed by atoms with van der Waals surface area (Å²) in [6.07, 6.45) is 6.44. The lowest BCUT2D eigenvalue weighted by molar-refractivity contribution is 0.0799. The highest BCUT2D eigenvalue weighted by Gasteiger charge is 2.31. The van der Waals surface area contributed by atoms with Crippen LogP contribution in [0.3, 0.4) is 0 Å². The molecule has 1 nitrogen and oxygen atoms in total. The lowest BCUT2D eigenvalue weighted by Crippen LogP contribution is -2.28. The molecule has 1 aliphatic carbocycles. The molecule has 2 aliphatic rings. The average Bonchev–Trinajstić information content (AvgIpc) is 2.68. The molecule has 0 atom stereocenters. The fraction of sp³-hybridized carbons (Fsp3) is 0.727. The Hall–Kier alpha value is -0.973. The van der Waals surface area contributed by atoms with Crippen LogP contribution in [0, 0.1) is 17.7 Å². The highest BCUT2D eigenvalue weighted by Crippen LogP contribution is 2.44. The fourth-order valence-corrected chi connectivity index (χ4v) is 8.80. The minimum atomic E-state index is -2.58. The molecule has 3 rings (SSSR count). The molecule has 0 bridgehead atoms. The Morgan fingerprint density at radius 1 is 1.04 bits per heavy atom. The molecule has 0 aromatic heterocycles. The SMILES string of the molecule is CCC[Si@H]1CC[C@H](C2CCC(c3ccc(OCC(F)F)c(F)c3)CC2)CC1. The Morgan fingerprint density at radius 3 is 2.30 bits per heavy atom. The number of ether oxygens (including phenoxy) is 1. The molecule has 0 unspecified atom stereocenters. The summed E-state index contributed by atoms with van der Waals surface area (Å²) in [6.45, 7) is 1.56. The van der Waals surface area contributed by atoms with Crippen LogP contribution in [0.1, 0.15) is 63.4 Å². The Labute approximate surface area is 163 Å². The summed E-state index contributed by atoms with van der Waals surface area (Å²) in [5, 5.41) is 0. The van der Waals surface area contributed by atoms with E-state index in [0.29, 0.717) is 5.92 Å². The van der Waals surface area contributed by atoms with Crippen molar-refractivity contribution in [1.82, 2.24) is 0 Å². The Balaban J connectivity index is 1.48. The number of benzene rings is 1. The van der Waals surface area contributed by atoms with E-state index in [1.165, 1.54) is 50.3 Å². The molecule has 1 aromatic rings. The van der Waals surface area contributed by atoms with Crippen molar-refractivity contribution in [2.75, 3.05) is 6.61 Å². The molecule has 1 aromatic carbocycles. The van der Waals surface area contributed by atoms with Crippen molar-refractivity contribution in [2.45, 2.75) is 82.3 Å². The predicted octanol–water partition coefficient (Wildman–Crippen LogP) is 6.79. The number of rotatable bonds is 7. The van der Waals surface area contributed by atoms with Gasteiger partial charge in [-0.25, -0.2) is 13.2 Å². The first-order valence-electron chi connectivity index (χ1n) is 10.8. The van der Waals surface area contributed by atoms with Crippen molar-refractivity contribution in [2.24, 2.45) is 11.8 Å². The second kappa shape index (κ2) is 9.99. The Bertz CT molecular complexity index is 579. The van der Waals surface area contributed by atoms with Crippen LogP contribution in [0.2, 0.25) is 18.1 Å². The third kappa shape index (κ3) is 5.75. The van der Waals surface area contributed by atoms with Crippen LogP contribution < -0.4 is 4.74 Å². The van der Waals surface area contributed by atoms with Gasteiger partial charge in [0.05, 0.1) is 0 Å². The number of alkyl halides is 2. The van der Waals surface area contributed by atoms with E-state index in [-0.39, 0.29) is 5.75 Å². The van der Waals surface area contributed by atoms with Gasteiger partial charge in [-0.3, -0.25) is 0 Å². The summed E-state index contributed by atoms with van der Waals surface area (Å²) in [6, 6.07) is 9.48. The van der Waals surface area contributed by atoms with Gasteiger partial charge in [-0.15, -0.1) is 0 Å². The summed E-state index contributed by atoms with van der Waals surface area (Å²) in [5.41, 5.74) is 0.995. The standard InChI is InChI=1S/C22H33F3OSi/c1-2-11-27-12-9-18(10-13-27)16-3-5-17(6-4-16)19-7-8-21(20(23)14-19)26-15-22(24)25/h7-8,14,16-18,22,27H,2-6,9-13,15H2,1H3/t16?,17?,18-,27-. The lowest BCUT2D eigenvalue weighted by atomic mass is 9.72. The summed E-state index contributed by atoms with van der Waals surface area (Å²) >= 11 is 0. The minimum absolute atomic E-state index is 0.0688. The molecule has 27 heavy (non-hydrogen) atoms. The Morgan fingerprint density at radius 2 is 1.70 bits per heavy atom. The van der Waals surface area contributed by atoms with Crippen molar-refractivity contribution >= 4 is 8.80 Å². The third-order valence-corrected chi connectivity index (χ3v) is 10.5. The molecular weight excluding hydrogens is 365 g/mol. The van der Waals surface area contributed by atoms with Gasteiger partial charge in [0, 0.05) is 8.80 Å². The quantitative estimate of drug-likeness (QED) is 0.459. The summed E-state index contributed by atoms with van der Waals surface area (Å²) in [5.74, 6) is 1.59. The smallest absolute Gasteiger partial charge is 0.272 e. The average molecular weight is 399 g/mol. The molecular formula is C22H33F3OSi. The summed E-state index contributed by atoms with van der Waals surface area (Å²) in [7, 11) is -0.404. The van der Waals surface area contributed by atoms with E-state index in [1.54, 1.807) is 12.1 Å². The largest absolute Gasteiger partial charge is 0.485 e. The van der Waals surface area contributed by atoms with Gasteiger partial charge in [0.15, 0.2) is 11.6 Å². The van der Waals surface area contributed by atoms with Crippen LogP contribution in [0.15, 0.2) is 18.2 Å². The van der Waals surface area contributed by atoms with E-state index < -0.39 is 27.6 Å². The second-order valence-corrected chi connectivity index (χ2v) is 12.0. The first kappa shape index (κ1) is 20.8. The first-order valence-corrected chi connectivity index (χ1v) is 13.2. The molecule has 0 radical (unpaired) electrons. The Kier molecular flexibility index (Phi) is 7.68. The van der Waals surface area contributed by atoms with Gasteiger partial charge in [0.25, 0.3) is 6.43 Å². The van der Waals surface area contributed by atoms with Gasteiger partial charge in [-0.1, -0.05) is 50.4 Å². The fourth-order valence-electron chi connectivity index (χ4n) is 5.32. The summed E-state index contributed by atoms with van der Waals surface area (Å²) in [4.78, 5) is 0. The van der Waals surface area contributed by atoms with Gasteiger partial charge in [0.1, 0.15) is 6.61 Å². The first-order chi connectivity index (χ1) is 13.1. The predicted molar refractivity (Wildman–Crippen MR) is 107 cm³/mol. The van der Waals surface area contributed by atoms with Crippen LogP contribution in [0.5, 0.6) is 5.75 Å². The highest BCUT2D eigenvalue weighted by atomic mass is 28.3. The molecule has 1 heterocycles. The molecule has 2 fully saturated rings. The van der Waals surface area contributed by atoms with Crippen LogP contribution >= 0.6 is 0 Å². The van der Waals surface area contributed by atoms with Gasteiger partial charge < -0.3 is 4.74 Å². The molecule has 152 valence electrons. The van der Waals surface area contributed by atoms with Crippen molar-refractivity contribution in [3.63, 3.8) is 0 Å². The maximum atomic E-state index is 14.2. The molecule has 0 amide bonds. The maximum absolute atomic E-state index is 14.2. The molecule has 0 spiro atoms. The van der Waals surface area contributed by atoms with E-state index in [4.69, 9.17) is 4.74 Å². The maximum Gasteiger partial charge on any atom is 0.272 e. The van der Waals surface area contributed by atoms with E-state index in [9.17, 15) is 13.2 Å². The molecule has 1 aliphatic heterocycles. The van der Waals surface area contributed by atoms with E-state index in [2.05, 4.69) is 6.92 Å². The second-order valence-electron chi connectivity index (χ2n) is 8.57. The van der Waals surface area contributed by atoms with Crippen LogP contribution in [0.4, 0.5) is 13.2 Å². The van der Waals surface area contributed by atoms with Gasteiger partial charge in [-0.05, 0) is 61.1 Å². The molecule has 5 heteroatoms. The van der Waals surface area contributed by atoms with Gasteiger partial charge >= 0.3 is 0 Å². The monoisotopic (exact) mass is 398 g/mol. The zero-order valence-corrected chi connectivity index (χ0v) is 17.6. The van der Waals surface area contributed by atoms with Gasteiger partial charge in [-0.2, -0.15) is 0 Å². The van der Waals surface area contributed by atoms with E-state index >= 15 is 0 Å². The zero-order chi connectivity index (χ0) is 19.2. The molecule has 1 saturated carbocycles. The molecule has 0 N–H and O–H groups in total. The van der Waals surface area contributed by atoms with Crippen molar-refractivity contribution in [3.05, 3.63) is 29.6 Å². The van der Waals surface area contributed by atoms with Crippen molar-refractivity contribution in [3.8, 4) is 5.75 Å². The van der Waals surface area contributed by atoms with E-state index in [1.807, 2.05) is 6.07 Å². The van der Waals surface area contributed by atoms with E-state index in [0.717, 1.165) is 30.2 Å². The zero-order valence-electron chi connectivity index (χ0n) is 16.4. The van der Waals surface area contributed by atoms with Crippen molar-refractivity contribution < 1.29 is 17.9 Å². The topological polar surface area (TPSA) is 9.23 Å². The molecule has 1 saturated heterocycles.